The molecule has 3 rings (SSSR count). The lowest BCUT2D eigenvalue weighted by Gasteiger charge is -2.31. The molecular weight excluding hydrogens is 323 g/mol. The Morgan fingerprint density at radius 2 is 2.09 bits per heavy atom. The summed E-state index contributed by atoms with van der Waals surface area (Å²) >= 11 is 5.96. The van der Waals surface area contributed by atoms with Crippen LogP contribution < -0.4 is 10.2 Å². The van der Waals surface area contributed by atoms with Crippen molar-refractivity contribution >= 4 is 30.0 Å². The molecule has 1 aliphatic heterocycles. The molecule has 7 heteroatoms. The molecule has 0 amide bonds. The van der Waals surface area contributed by atoms with Crippen LogP contribution >= 0.6 is 24.0 Å². The van der Waals surface area contributed by atoms with Crippen molar-refractivity contribution in [3.63, 3.8) is 0 Å². The summed E-state index contributed by atoms with van der Waals surface area (Å²) in [6.07, 6.45) is 2.30. The van der Waals surface area contributed by atoms with Gasteiger partial charge in [0.1, 0.15) is 0 Å². The lowest BCUT2D eigenvalue weighted by atomic mass is 9.91. The van der Waals surface area contributed by atoms with E-state index >= 15 is 0 Å². The molecular formula is C15H20Cl2N4O. The standard InChI is InChI=1S/C15H19ClN4O.ClH/c1-17-9-14-18-19-15(21-14)20-8-2-3-12(10-20)11-4-6-13(16)7-5-11;/h4-7,12,17H,2-3,8-10H2,1H3;1H. The van der Waals surface area contributed by atoms with E-state index in [-0.39, 0.29) is 12.4 Å². The van der Waals surface area contributed by atoms with E-state index in [9.17, 15) is 0 Å². The number of hydrogen-bond donors (Lipinski definition) is 1. The summed E-state index contributed by atoms with van der Waals surface area (Å²) in [5.74, 6) is 1.11. The molecule has 0 radical (unpaired) electrons. The van der Waals surface area contributed by atoms with Crippen molar-refractivity contribution in [1.82, 2.24) is 15.5 Å². The summed E-state index contributed by atoms with van der Waals surface area (Å²) in [6, 6.07) is 8.74. The fourth-order valence-electron chi connectivity index (χ4n) is 2.75. The maximum absolute atomic E-state index is 5.96. The molecule has 1 aromatic carbocycles. The first-order valence-electron chi connectivity index (χ1n) is 7.23. The van der Waals surface area contributed by atoms with Crippen LogP contribution in [0.25, 0.3) is 0 Å². The van der Waals surface area contributed by atoms with Crippen molar-refractivity contribution in [2.24, 2.45) is 0 Å². The van der Waals surface area contributed by atoms with Crippen molar-refractivity contribution in [3.8, 4) is 0 Å². The highest BCUT2D eigenvalue weighted by Crippen LogP contribution is 2.30. The lowest BCUT2D eigenvalue weighted by molar-refractivity contribution is 0.435. The summed E-state index contributed by atoms with van der Waals surface area (Å²) in [5, 5.41) is 12.0. The molecule has 5 nitrogen and oxygen atoms in total. The second-order valence-corrected chi connectivity index (χ2v) is 5.78. The Hall–Kier alpha value is -1.30. The summed E-state index contributed by atoms with van der Waals surface area (Å²) < 4.78 is 5.69. The molecule has 22 heavy (non-hydrogen) atoms. The van der Waals surface area contributed by atoms with E-state index < -0.39 is 0 Å². The van der Waals surface area contributed by atoms with Gasteiger partial charge in [-0.15, -0.1) is 17.5 Å². The van der Waals surface area contributed by atoms with Gasteiger partial charge in [0.15, 0.2) is 0 Å². The van der Waals surface area contributed by atoms with Crippen molar-refractivity contribution in [3.05, 3.63) is 40.7 Å². The summed E-state index contributed by atoms with van der Waals surface area (Å²) in [6.45, 7) is 2.47. The number of benzene rings is 1. The fourth-order valence-corrected chi connectivity index (χ4v) is 2.88. The minimum Gasteiger partial charge on any atom is -0.407 e. The Labute approximate surface area is 141 Å². The van der Waals surface area contributed by atoms with Gasteiger partial charge in [0.05, 0.1) is 6.54 Å². The van der Waals surface area contributed by atoms with E-state index in [0.717, 1.165) is 24.5 Å². The number of rotatable bonds is 4. The molecule has 0 aliphatic carbocycles. The van der Waals surface area contributed by atoms with Crippen molar-refractivity contribution < 1.29 is 4.42 Å². The van der Waals surface area contributed by atoms with Gasteiger partial charge in [0.25, 0.3) is 0 Å². The van der Waals surface area contributed by atoms with Crippen LogP contribution in [0.2, 0.25) is 5.02 Å². The van der Waals surface area contributed by atoms with Gasteiger partial charge >= 0.3 is 6.01 Å². The number of halogens is 2. The molecule has 2 aromatic rings. The first kappa shape index (κ1) is 17.1. The molecule has 1 saturated heterocycles. The maximum Gasteiger partial charge on any atom is 0.318 e. The molecule has 0 spiro atoms. The highest BCUT2D eigenvalue weighted by Gasteiger charge is 2.24. The first-order valence-corrected chi connectivity index (χ1v) is 7.61. The Balaban J connectivity index is 0.00000176. The van der Waals surface area contributed by atoms with Crippen LogP contribution in [0.4, 0.5) is 6.01 Å². The second-order valence-electron chi connectivity index (χ2n) is 5.35. The number of piperidine rings is 1. The highest BCUT2D eigenvalue weighted by molar-refractivity contribution is 6.30. The van der Waals surface area contributed by atoms with Crippen molar-refractivity contribution in [2.75, 3.05) is 25.0 Å². The fraction of sp³-hybridized carbons (Fsp3) is 0.467. The molecule has 1 aromatic heterocycles. The van der Waals surface area contributed by atoms with E-state index in [0.29, 0.717) is 24.4 Å². The number of nitrogens with zero attached hydrogens (tertiary/aromatic N) is 3. The van der Waals surface area contributed by atoms with Crippen molar-refractivity contribution in [1.29, 1.82) is 0 Å². The Kier molecular flexibility index (Phi) is 6.06. The van der Waals surface area contributed by atoms with Gasteiger partial charge in [-0.25, -0.2) is 0 Å². The van der Waals surface area contributed by atoms with Crippen molar-refractivity contribution in [2.45, 2.75) is 25.3 Å². The number of aromatic nitrogens is 2. The average molecular weight is 343 g/mol. The SMILES string of the molecule is CNCc1nnc(N2CCCC(c3ccc(Cl)cc3)C2)o1.Cl. The molecule has 1 fully saturated rings. The zero-order chi connectivity index (χ0) is 14.7. The van der Waals surface area contributed by atoms with Crippen LogP contribution in [0.5, 0.6) is 0 Å². The number of hydrogen-bond acceptors (Lipinski definition) is 5. The zero-order valence-electron chi connectivity index (χ0n) is 12.5. The van der Waals surface area contributed by atoms with E-state index in [2.05, 4.69) is 32.5 Å². The minimum atomic E-state index is 0. The molecule has 1 atom stereocenters. The van der Waals surface area contributed by atoms with Crippen LogP contribution in [0, 0.1) is 0 Å². The lowest BCUT2D eigenvalue weighted by Crippen LogP contribution is -2.34. The average Bonchev–Trinajstić information content (AvgIpc) is 2.97. The summed E-state index contributed by atoms with van der Waals surface area (Å²) in [7, 11) is 1.86. The third kappa shape index (κ3) is 3.91. The highest BCUT2D eigenvalue weighted by atomic mass is 35.5. The normalized spacial score (nSPS) is 18.1. The largest absolute Gasteiger partial charge is 0.407 e. The topological polar surface area (TPSA) is 54.2 Å². The molecule has 1 aliphatic rings. The first-order chi connectivity index (χ1) is 10.3. The Morgan fingerprint density at radius 3 is 2.82 bits per heavy atom. The van der Waals surface area contributed by atoms with Crippen LogP contribution in [-0.4, -0.2) is 30.3 Å². The van der Waals surface area contributed by atoms with E-state index in [1.54, 1.807) is 0 Å². The predicted octanol–water partition coefficient (Wildman–Crippen LogP) is 3.25. The van der Waals surface area contributed by atoms with Gasteiger partial charge in [-0.05, 0) is 37.6 Å². The molecule has 0 bridgehead atoms. The van der Waals surface area contributed by atoms with Gasteiger partial charge in [-0.3, -0.25) is 0 Å². The zero-order valence-corrected chi connectivity index (χ0v) is 14.0. The van der Waals surface area contributed by atoms with E-state index in [1.165, 1.54) is 12.0 Å². The predicted molar refractivity (Wildman–Crippen MR) is 89.9 cm³/mol. The van der Waals surface area contributed by atoms with E-state index in [1.807, 2.05) is 19.2 Å². The third-order valence-corrected chi connectivity index (χ3v) is 4.07. The Morgan fingerprint density at radius 1 is 1.32 bits per heavy atom. The minimum absolute atomic E-state index is 0. The van der Waals surface area contributed by atoms with Gasteiger partial charge in [-0.2, -0.15) is 0 Å². The van der Waals surface area contributed by atoms with Gasteiger partial charge in [-0.1, -0.05) is 28.8 Å². The molecule has 2 heterocycles. The van der Waals surface area contributed by atoms with Crippen LogP contribution in [0.1, 0.15) is 30.2 Å². The molecule has 1 unspecified atom stereocenters. The third-order valence-electron chi connectivity index (χ3n) is 3.82. The molecule has 0 saturated carbocycles. The van der Waals surface area contributed by atoms with Crippen LogP contribution in [-0.2, 0) is 6.54 Å². The van der Waals surface area contributed by atoms with Crippen LogP contribution in [0.15, 0.2) is 28.7 Å². The quantitative estimate of drug-likeness (QED) is 0.924. The van der Waals surface area contributed by atoms with Crippen LogP contribution in [0.3, 0.4) is 0 Å². The van der Waals surface area contributed by atoms with Gasteiger partial charge < -0.3 is 14.6 Å². The van der Waals surface area contributed by atoms with E-state index in [4.69, 9.17) is 16.0 Å². The monoisotopic (exact) mass is 342 g/mol. The number of anilines is 1. The summed E-state index contributed by atoms with van der Waals surface area (Å²) in [5.41, 5.74) is 1.32. The smallest absolute Gasteiger partial charge is 0.318 e. The molecule has 120 valence electrons. The van der Waals surface area contributed by atoms with Gasteiger partial charge in [0.2, 0.25) is 5.89 Å². The second kappa shape index (κ2) is 7.81. The number of nitrogens with one attached hydrogen (secondary N) is 1. The molecule has 1 N–H and O–H groups in total. The Bertz CT molecular complexity index is 587. The summed E-state index contributed by atoms with van der Waals surface area (Å²) in [4.78, 5) is 2.18. The maximum atomic E-state index is 5.96. The van der Waals surface area contributed by atoms with Gasteiger partial charge in [0, 0.05) is 24.0 Å².